The average molecular weight is 461 g/mol. The van der Waals surface area contributed by atoms with Crippen LogP contribution >= 0.6 is 0 Å². The van der Waals surface area contributed by atoms with Gasteiger partial charge in [0.15, 0.2) is 0 Å². The van der Waals surface area contributed by atoms with Gasteiger partial charge in [0.1, 0.15) is 18.1 Å². The first-order valence-corrected chi connectivity index (χ1v) is 11.7. The summed E-state index contributed by atoms with van der Waals surface area (Å²) in [6, 6.07) is 24.8. The first-order valence-electron chi connectivity index (χ1n) is 11.7. The van der Waals surface area contributed by atoms with Crippen molar-refractivity contribution in [1.82, 2.24) is 10.2 Å². The Labute approximate surface area is 201 Å². The van der Waals surface area contributed by atoms with E-state index in [0.29, 0.717) is 30.9 Å². The molecule has 178 valence electrons. The number of carbonyl (C=O) groups excluding carboxylic acids is 1. The highest BCUT2D eigenvalue weighted by Crippen LogP contribution is 2.18. The van der Waals surface area contributed by atoms with E-state index in [2.05, 4.69) is 22.3 Å². The largest absolute Gasteiger partial charge is 0.497 e. The Hall–Kier alpha value is -3.35. The van der Waals surface area contributed by atoms with Crippen LogP contribution in [-0.4, -0.2) is 48.3 Å². The van der Waals surface area contributed by atoms with Crippen LogP contribution < -0.4 is 14.8 Å². The van der Waals surface area contributed by atoms with Crippen molar-refractivity contribution in [2.45, 2.75) is 38.1 Å². The molecule has 1 saturated heterocycles. The summed E-state index contributed by atoms with van der Waals surface area (Å²) < 4.78 is 11.0. The maximum atomic E-state index is 12.9. The Morgan fingerprint density at radius 3 is 2.38 bits per heavy atom. The van der Waals surface area contributed by atoms with Crippen molar-refractivity contribution in [3.05, 3.63) is 95.6 Å². The first kappa shape index (κ1) is 23.8. The molecule has 6 heteroatoms. The topological polar surface area (TPSA) is 71.0 Å². The molecule has 1 heterocycles. The number of hydrogen-bond donors (Lipinski definition) is 2. The van der Waals surface area contributed by atoms with Crippen molar-refractivity contribution in [3.63, 3.8) is 0 Å². The number of aliphatic hydroxyl groups excluding tert-OH is 1. The maximum Gasteiger partial charge on any atom is 0.251 e. The standard InChI is InChI=1S/C28H32N2O4/c1-33-24-13-9-21(10-14-24)18-30-17-5-8-27(31)26(19-30)29-28(32)23-11-15-25(16-12-23)34-20-22-6-3-2-4-7-22/h2-4,6-7,9-16,26-27,31H,5,8,17-20H2,1H3,(H,29,32)/t26-,27-/m1/s1. The SMILES string of the molecule is COc1ccc(CN2CCC[C@@H](O)[C@H](NC(=O)c3ccc(OCc4ccccc4)cc3)C2)cc1. The van der Waals surface area contributed by atoms with Gasteiger partial charge in [-0.25, -0.2) is 0 Å². The van der Waals surface area contributed by atoms with Gasteiger partial charge in [-0.15, -0.1) is 0 Å². The summed E-state index contributed by atoms with van der Waals surface area (Å²) in [5.74, 6) is 1.35. The molecule has 0 bridgehead atoms. The molecule has 1 fully saturated rings. The van der Waals surface area contributed by atoms with Crippen LogP contribution in [0.2, 0.25) is 0 Å². The number of ether oxygens (including phenoxy) is 2. The van der Waals surface area contributed by atoms with Gasteiger partial charge in [0.2, 0.25) is 0 Å². The monoisotopic (exact) mass is 460 g/mol. The second-order valence-electron chi connectivity index (χ2n) is 8.67. The average Bonchev–Trinajstić information content (AvgIpc) is 3.04. The Balaban J connectivity index is 1.33. The van der Waals surface area contributed by atoms with Gasteiger partial charge in [-0.3, -0.25) is 9.69 Å². The molecule has 0 saturated carbocycles. The molecule has 3 aromatic rings. The molecule has 2 N–H and O–H groups in total. The van der Waals surface area contributed by atoms with Gasteiger partial charge < -0.3 is 19.9 Å². The number of carbonyl (C=O) groups is 1. The summed E-state index contributed by atoms with van der Waals surface area (Å²) in [7, 11) is 1.66. The number of amides is 1. The van der Waals surface area contributed by atoms with E-state index in [-0.39, 0.29) is 11.9 Å². The second-order valence-corrected chi connectivity index (χ2v) is 8.67. The van der Waals surface area contributed by atoms with Crippen LogP contribution in [-0.2, 0) is 13.2 Å². The zero-order valence-corrected chi connectivity index (χ0v) is 19.5. The van der Waals surface area contributed by atoms with Crippen molar-refractivity contribution in [3.8, 4) is 11.5 Å². The summed E-state index contributed by atoms with van der Waals surface area (Å²) in [6.07, 6.45) is 0.978. The minimum absolute atomic E-state index is 0.190. The second kappa shape index (κ2) is 11.7. The molecule has 2 atom stereocenters. The number of nitrogens with one attached hydrogen (secondary N) is 1. The van der Waals surface area contributed by atoms with E-state index in [1.54, 1.807) is 31.4 Å². The number of benzene rings is 3. The predicted octanol–water partition coefficient (Wildman–Crippen LogP) is 4.03. The summed E-state index contributed by atoms with van der Waals surface area (Å²) in [6.45, 7) is 2.71. The molecule has 4 rings (SSSR count). The van der Waals surface area contributed by atoms with Crippen LogP contribution in [0.5, 0.6) is 11.5 Å². The molecule has 1 aliphatic heterocycles. The van der Waals surface area contributed by atoms with Crippen molar-refractivity contribution < 1.29 is 19.4 Å². The maximum absolute atomic E-state index is 12.9. The fourth-order valence-electron chi connectivity index (χ4n) is 4.19. The smallest absolute Gasteiger partial charge is 0.251 e. The number of rotatable bonds is 8. The molecule has 0 aromatic heterocycles. The predicted molar refractivity (Wildman–Crippen MR) is 132 cm³/mol. The van der Waals surface area contributed by atoms with E-state index in [4.69, 9.17) is 9.47 Å². The van der Waals surface area contributed by atoms with Crippen molar-refractivity contribution >= 4 is 5.91 Å². The number of aliphatic hydroxyl groups is 1. The molecular weight excluding hydrogens is 428 g/mol. The Morgan fingerprint density at radius 2 is 1.68 bits per heavy atom. The van der Waals surface area contributed by atoms with Crippen LogP contribution in [0.4, 0.5) is 0 Å². The van der Waals surface area contributed by atoms with Gasteiger partial charge in [-0.05, 0) is 66.9 Å². The Bertz CT molecular complexity index is 1040. The summed E-state index contributed by atoms with van der Waals surface area (Å²) in [5.41, 5.74) is 2.81. The zero-order chi connectivity index (χ0) is 23.8. The molecule has 0 spiro atoms. The lowest BCUT2D eigenvalue weighted by atomic mass is 10.1. The van der Waals surface area contributed by atoms with Crippen molar-refractivity contribution in [2.75, 3.05) is 20.2 Å². The molecule has 0 radical (unpaired) electrons. The molecule has 6 nitrogen and oxygen atoms in total. The van der Waals surface area contributed by atoms with Crippen LogP contribution in [0.15, 0.2) is 78.9 Å². The van der Waals surface area contributed by atoms with E-state index in [1.165, 1.54) is 5.56 Å². The van der Waals surface area contributed by atoms with Crippen molar-refractivity contribution in [2.24, 2.45) is 0 Å². The molecule has 0 unspecified atom stereocenters. The molecule has 0 aliphatic carbocycles. The van der Waals surface area contributed by atoms with E-state index < -0.39 is 6.10 Å². The highest BCUT2D eigenvalue weighted by molar-refractivity contribution is 5.94. The number of methoxy groups -OCH3 is 1. The third-order valence-electron chi connectivity index (χ3n) is 6.14. The highest BCUT2D eigenvalue weighted by atomic mass is 16.5. The normalized spacial score (nSPS) is 18.6. The highest BCUT2D eigenvalue weighted by Gasteiger charge is 2.27. The van der Waals surface area contributed by atoms with Gasteiger partial charge in [-0.2, -0.15) is 0 Å². The van der Waals surface area contributed by atoms with Crippen LogP contribution in [0.1, 0.15) is 34.3 Å². The molecule has 1 amide bonds. The molecule has 3 aromatic carbocycles. The minimum Gasteiger partial charge on any atom is -0.497 e. The number of likely N-dealkylation sites (tertiary alicyclic amines) is 1. The summed E-state index contributed by atoms with van der Waals surface area (Å²) >= 11 is 0. The van der Waals surface area contributed by atoms with Crippen LogP contribution in [0.3, 0.4) is 0 Å². The zero-order valence-electron chi connectivity index (χ0n) is 19.5. The van der Waals surface area contributed by atoms with Gasteiger partial charge in [-0.1, -0.05) is 42.5 Å². The van der Waals surface area contributed by atoms with Gasteiger partial charge in [0.25, 0.3) is 5.91 Å². The number of hydrogen-bond acceptors (Lipinski definition) is 5. The van der Waals surface area contributed by atoms with Gasteiger partial charge in [0, 0.05) is 18.7 Å². The van der Waals surface area contributed by atoms with E-state index in [0.717, 1.165) is 30.8 Å². The van der Waals surface area contributed by atoms with E-state index in [9.17, 15) is 9.90 Å². The summed E-state index contributed by atoms with van der Waals surface area (Å²) in [5, 5.41) is 13.7. The molecule has 34 heavy (non-hydrogen) atoms. The Kier molecular flexibility index (Phi) is 8.17. The van der Waals surface area contributed by atoms with E-state index in [1.807, 2.05) is 42.5 Å². The first-order chi connectivity index (χ1) is 16.6. The third kappa shape index (κ3) is 6.59. The fourth-order valence-corrected chi connectivity index (χ4v) is 4.19. The Morgan fingerprint density at radius 1 is 0.971 bits per heavy atom. The minimum atomic E-state index is -0.571. The van der Waals surface area contributed by atoms with Crippen LogP contribution in [0, 0.1) is 0 Å². The summed E-state index contributed by atoms with van der Waals surface area (Å²) in [4.78, 5) is 15.2. The molecular formula is C28H32N2O4. The number of nitrogens with zero attached hydrogens (tertiary/aromatic N) is 1. The molecule has 1 aliphatic rings. The van der Waals surface area contributed by atoms with Gasteiger partial charge >= 0.3 is 0 Å². The quantitative estimate of drug-likeness (QED) is 0.531. The lowest BCUT2D eigenvalue weighted by Gasteiger charge is -2.27. The fraction of sp³-hybridized carbons (Fsp3) is 0.321. The van der Waals surface area contributed by atoms with E-state index >= 15 is 0 Å². The lowest BCUT2D eigenvalue weighted by molar-refractivity contribution is 0.0798. The van der Waals surface area contributed by atoms with Crippen molar-refractivity contribution in [1.29, 1.82) is 0 Å². The van der Waals surface area contributed by atoms with Gasteiger partial charge in [0.05, 0.1) is 19.3 Å². The van der Waals surface area contributed by atoms with Crippen LogP contribution in [0.25, 0.3) is 0 Å². The third-order valence-corrected chi connectivity index (χ3v) is 6.14. The lowest BCUT2D eigenvalue weighted by Crippen LogP contribution is -2.48.